The van der Waals surface area contributed by atoms with Crippen molar-refractivity contribution in [1.29, 1.82) is 0 Å². The summed E-state index contributed by atoms with van der Waals surface area (Å²) < 4.78 is 1.64. The summed E-state index contributed by atoms with van der Waals surface area (Å²) in [5.74, 6) is 0. The van der Waals surface area contributed by atoms with E-state index in [0.29, 0.717) is 22.6 Å². The van der Waals surface area contributed by atoms with E-state index in [-0.39, 0.29) is 5.56 Å². The summed E-state index contributed by atoms with van der Waals surface area (Å²) in [5, 5.41) is 2.81. The number of fused-ring (bicyclic) bond motifs is 2. The molecule has 1 atom stereocenters. The van der Waals surface area contributed by atoms with Gasteiger partial charge in [-0.15, -0.1) is 0 Å². The largest absolute Gasteiger partial charge is 0.302 e. The van der Waals surface area contributed by atoms with Crippen LogP contribution in [0, 0.1) is 0 Å². The molecule has 4 rings (SSSR count). The predicted octanol–water partition coefficient (Wildman–Crippen LogP) is 4.60. The summed E-state index contributed by atoms with van der Waals surface area (Å²) in [5.41, 5.74) is 1.48. The van der Waals surface area contributed by atoms with E-state index in [1.807, 2.05) is 73.7 Å². The lowest BCUT2D eigenvalue weighted by atomic mass is 10.1. The fourth-order valence-electron chi connectivity index (χ4n) is 3.19. The predicted molar refractivity (Wildman–Crippen MR) is 110 cm³/mol. The Morgan fingerprint density at radius 3 is 2.37 bits per heavy atom. The fraction of sp³-hybridized carbons (Fsp3) is 0.136. The maximum atomic E-state index is 13.1. The molecule has 4 nitrogen and oxygen atoms in total. The van der Waals surface area contributed by atoms with Crippen LogP contribution >= 0.6 is 11.8 Å². The minimum absolute atomic E-state index is 0.0755. The number of rotatable bonds is 5. The van der Waals surface area contributed by atoms with Crippen LogP contribution in [0.3, 0.4) is 0 Å². The van der Waals surface area contributed by atoms with Crippen molar-refractivity contribution < 1.29 is 4.79 Å². The van der Waals surface area contributed by atoms with Crippen LogP contribution in [0.2, 0.25) is 0 Å². The molecule has 0 N–H and O–H groups in total. The molecule has 0 spiro atoms. The Labute approximate surface area is 160 Å². The van der Waals surface area contributed by atoms with Gasteiger partial charge in [0.1, 0.15) is 6.29 Å². The average molecular weight is 374 g/mol. The molecule has 0 saturated heterocycles. The maximum absolute atomic E-state index is 13.1. The molecule has 3 aromatic carbocycles. The summed E-state index contributed by atoms with van der Waals surface area (Å²) in [7, 11) is 0. The minimum atomic E-state index is -0.409. The number of carbonyl (C=O) groups excluding carboxylic acids is 1. The smallest absolute Gasteiger partial charge is 0.262 e. The van der Waals surface area contributed by atoms with Gasteiger partial charge in [0, 0.05) is 6.54 Å². The van der Waals surface area contributed by atoms with Crippen molar-refractivity contribution in [2.45, 2.75) is 23.9 Å². The molecular formula is C22H18N2O2S. The molecule has 5 heteroatoms. The molecule has 0 radical (unpaired) electrons. The van der Waals surface area contributed by atoms with Gasteiger partial charge in [-0.3, -0.25) is 9.36 Å². The monoisotopic (exact) mass is 374 g/mol. The van der Waals surface area contributed by atoms with Crippen molar-refractivity contribution >= 4 is 39.7 Å². The molecule has 0 fully saturated rings. The zero-order chi connectivity index (χ0) is 18.8. The van der Waals surface area contributed by atoms with Crippen molar-refractivity contribution in [2.24, 2.45) is 0 Å². The Hall–Kier alpha value is -2.92. The Bertz CT molecular complexity index is 1190. The van der Waals surface area contributed by atoms with Gasteiger partial charge in [0.25, 0.3) is 5.56 Å². The van der Waals surface area contributed by atoms with Crippen LogP contribution in [-0.4, -0.2) is 15.8 Å². The first-order valence-electron chi connectivity index (χ1n) is 8.81. The molecule has 0 amide bonds. The van der Waals surface area contributed by atoms with Crippen molar-refractivity contribution in [3.63, 3.8) is 0 Å². The lowest BCUT2D eigenvalue weighted by molar-refractivity contribution is -0.107. The number of carbonyl (C=O) groups is 1. The van der Waals surface area contributed by atoms with E-state index in [9.17, 15) is 9.59 Å². The molecule has 4 aromatic rings. The van der Waals surface area contributed by atoms with Gasteiger partial charge in [-0.25, -0.2) is 4.98 Å². The third-order valence-electron chi connectivity index (χ3n) is 4.59. The number of hydrogen-bond acceptors (Lipinski definition) is 4. The van der Waals surface area contributed by atoms with E-state index in [1.165, 1.54) is 11.8 Å². The van der Waals surface area contributed by atoms with Gasteiger partial charge in [0.2, 0.25) is 0 Å². The summed E-state index contributed by atoms with van der Waals surface area (Å²) in [6.45, 7) is 2.41. The lowest BCUT2D eigenvalue weighted by Crippen LogP contribution is -2.23. The number of nitrogens with zero attached hydrogens (tertiary/aromatic N) is 2. The van der Waals surface area contributed by atoms with Crippen LogP contribution in [0.15, 0.2) is 76.7 Å². The molecule has 0 aliphatic rings. The molecule has 0 aliphatic heterocycles. The Kier molecular flexibility index (Phi) is 4.77. The zero-order valence-corrected chi connectivity index (χ0v) is 15.6. The maximum Gasteiger partial charge on any atom is 0.262 e. The summed E-state index contributed by atoms with van der Waals surface area (Å²) in [6.07, 6.45) is 0.900. The van der Waals surface area contributed by atoms with Crippen LogP contribution in [0.1, 0.15) is 17.7 Å². The molecular weight excluding hydrogens is 356 g/mol. The van der Waals surface area contributed by atoms with Gasteiger partial charge < -0.3 is 4.79 Å². The second-order valence-corrected chi connectivity index (χ2v) is 7.35. The first kappa shape index (κ1) is 17.5. The molecule has 0 saturated carbocycles. The molecule has 1 heterocycles. The SMILES string of the molecule is CCn1c(SC(C=O)c2ccccc2)nc2cc3ccccc3cc2c1=O. The van der Waals surface area contributed by atoms with E-state index in [0.717, 1.165) is 22.6 Å². The quantitative estimate of drug-likeness (QED) is 0.222. The van der Waals surface area contributed by atoms with Gasteiger partial charge in [0.15, 0.2) is 5.16 Å². The zero-order valence-electron chi connectivity index (χ0n) is 14.8. The van der Waals surface area contributed by atoms with E-state index in [4.69, 9.17) is 4.98 Å². The number of aldehydes is 1. The van der Waals surface area contributed by atoms with Gasteiger partial charge in [0.05, 0.1) is 16.2 Å². The summed E-state index contributed by atoms with van der Waals surface area (Å²) in [6, 6.07) is 21.3. The van der Waals surface area contributed by atoms with E-state index < -0.39 is 5.25 Å². The minimum Gasteiger partial charge on any atom is -0.302 e. The molecule has 0 aliphatic carbocycles. The number of thioether (sulfide) groups is 1. The Morgan fingerprint density at radius 1 is 1.04 bits per heavy atom. The fourth-order valence-corrected chi connectivity index (χ4v) is 4.25. The molecule has 0 bridgehead atoms. The van der Waals surface area contributed by atoms with Crippen molar-refractivity contribution in [2.75, 3.05) is 0 Å². The highest BCUT2D eigenvalue weighted by Crippen LogP contribution is 2.33. The third kappa shape index (κ3) is 3.26. The molecule has 27 heavy (non-hydrogen) atoms. The highest BCUT2D eigenvalue weighted by Gasteiger charge is 2.18. The number of aromatic nitrogens is 2. The topological polar surface area (TPSA) is 52.0 Å². The molecule has 1 unspecified atom stereocenters. The number of benzene rings is 3. The molecule has 134 valence electrons. The van der Waals surface area contributed by atoms with Gasteiger partial charge in [-0.05, 0) is 35.4 Å². The normalized spacial score (nSPS) is 12.3. The van der Waals surface area contributed by atoms with E-state index >= 15 is 0 Å². The van der Waals surface area contributed by atoms with Gasteiger partial charge >= 0.3 is 0 Å². The van der Waals surface area contributed by atoms with Crippen LogP contribution in [0.25, 0.3) is 21.7 Å². The highest BCUT2D eigenvalue weighted by molar-refractivity contribution is 8.00. The van der Waals surface area contributed by atoms with Crippen molar-refractivity contribution in [1.82, 2.24) is 9.55 Å². The Morgan fingerprint density at radius 2 is 1.70 bits per heavy atom. The summed E-state index contributed by atoms with van der Waals surface area (Å²) >= 11 is 1.31. The Balaban J connectivity index is 1.87. The average Bonchev–Trinajstić information content (AvgIpc) is 2.71. The molecule has 1 aromatic heterocycles. The standard InChI is InChI=1S/C22H18N2O2S/c1-2-24-21(26)18-12-16-10-6-7-11-17(16)13-19(18)23-22(24)27-20(14-25)15-8-4-3-5-9-15/h3-14,20H,2H2,1H3. The van der Waals surface area contributed by atoms with Crippen molar-refractivity contribution in [3.05, 3.63) is 82.6 Å². The van der Waals surface area contributed by atoms with Crippen LogP contribution in [0.4, 0.5) is 0 Å². The van der Waals surface area contributed by atoms with Crippen LogP contribution in [-0.2, 0) is 11.3 Å². The van der Waals surface area contributed by atoms with E-state index in [1.54, 1.807) is 4.57 Å². The van der Waals surface area contributed by atoms with Gasteiger partial charge in [-0.1, -0.05) is 66.4 Å². The first-order chi connectivity index (χ1) is 13.2. The van der Waals surface area contributed by atoms with Crippen LogP contribution in [0.5, 0.6) is 0 Å². The second-order valence-electron chi connectivity index (χ2n) is 6.25. The first-order valence-corrected chi connectivity index (χ1v) is 9.69. The van der Waals surface area contributed by atoms with Crippen molar-refractivity contribution in [3.8, 4) is 0 Å². The highest BCUT2D eigenvalue weighted by atomic mass is 32.2. The second kappa shape index (κ2) is 7.37. The van der Waals surface area contributed by atoms with Gasteiger partial charge in [-0.2, -0.15) is 0 Å². The summed E-state index contributed by atoms with van der Waals surface area (Å²) in [4.78, 5) is 29.5. The third-order valence-corrected chi connectivity index (χ3v) is 5.75. The van der Waals surface area contributed by atoms with Crippen LogP contribution < -0.4 is 5.56 Å². The lowest BCUT2D eigenvalue weighted by Gasteiger charge is -2.15. The van der Waals surface area contributed by atoms with E-state index in [2.05, 4.69) is 0 Å². The number of hydrogen-bond donors (Lipinski definition) is 0.